The highest BCUT2D eigenvalue weighted by Crippen LogP contribution is 2.43. The highest BCUT2D eigenvalue weighted by atomic mass is 35.5. The summed E-state index contributed by atoms with van der Waals surface area (Å²) in [7, 11) is 0. The molecule has 0 unspecified atom stereocenters. The number of carbonyl (C=O) groups is 4. The van der Waals surface area contributed by atoms with Gasteiger partial charge in [-0.15, -0.1) is 23.2 Å². The van der Waals surface area contributed by atoms with E-state index in [1.54, 1.807) is 12.1 Å². The van der Waals surface area contributed by atoms with Crippen LogP contribution in [0.3, 0.4) is 0 Å². The van der Waals surface area contributed by atoms with Gasteiger partial charge in [0.2, 0.25) is 11.8 Å². The second kappa shape index (κ2) is 9.53. The van der Waals surface area contributed by atoms with E-state index in [-0.39, 0.29) is 28.1 Å². The van der Waals surface area contributed by atoms with Crippen LogP contribution in [-0.4, -0.2) is 41.1 Å². The summed E-state index contributed by atoms with van der Waals surface area (Å²) >= 11 is 12.4. The second-order valence-corrected chi connectivity index (χ2v) is 9.39. The number of benzene rings is 2. The molecule has 1 saturated carbocycles. The number of ether oxygens (including phenoxy) is 1. The molecule has 1 aliphatic carbocycles. The Bertz CT molecular complexity index is 1080. The van der Waals surface area contributed by atoms with Gasteiger partial charge in [-0.2, -0.15) is 0 Å². The van der Waals surface area contributed by atoms with Gasteiger partial charge >= 0.3 is 5.97 Å². The van der Waals surface area contributed by atoms with Gasteiger partial charge in [0.15, 0.2) is 6.61 Å². The Hall–Kier alpha value is -2.90. The van der Waals surface area contributed by atoms with Crippen molar-refractivity contribution in [3.63, 3.8) is 0 Å². The SMILES string of the molecule is Cc1cccc(NC(=O)COC(=O)c2ccc(N3C(=O)[C@@H]4C[C@H](Cl)[C@@H](Cl)C[C@H]4C3=O)cc2)c1. The summed E-state index contributed by atoms with van der Waals surface area (Å²) in [4.78, 5) is 51.2. The Balaban J connectivity index is 1.37. The minimum absolute atomic E-state index is 0.195. The van der Waals surface area contributed by atoms with Crippen LogP contribution in [0.4, 0.5) is 11.4 Å². The van der Waals surface area contributed by atoms with Crippen LogP contribution >= 0.6 is 23.2 Å². The normalized spacial score (nSPS) is 24.4. The molecule has 1 saturated heterocycles. The number of nitrogens with one attached hydrogen (secondary N) is 1. The molecule has 1 heterocycles. The number of alkyl halides is 2. The lowest BCUT2D eigenvalue weighted by atomic mass is 9.80. The summed E-state index contributed by atoms with van der Waals surface area (Å²) in [6.45, 7) is 1.46. The first-order valence-electron chi connectivity index (χ1n) is 10.5. The van der Waals surface area contributed by atoms with E-state index < -0.39 is 30.3 Å². The number of rotatable bonds is 5. The molecule has 1 aliphatic heterocycles. The molecule has 0 radical (unpaired) electrons. The van der Waals surface area contributed by atoms with Crippen molar-refractivity contribution in [1.29, 1.82) is 0 Å². The van der Waals surface area contributed by atoms with E-state index in [1.807, 2.05) is 19.1 Å². The van der Waals surface area contributed by atoms with Gasteiger partial charge in [-0.1, -0.05) is 12.1 Å². The lowest BCUT2D eigenvalue weighted by Crippen LogP contribution is -2.34. The Morgan fingerprint density at radius 2 is 1.61 bits per heavy atom. The molecule has 33 heavy (non-hydrogen) atoms. The van der Waals surface area contributed by atoms with Crippen LogP contribution in [-0.2, 0) is 19.1 Å². The minimum atomic E-state index is -0.691. The summed E-state index contributed by atoms with van der Waals surface area (Å²) in [5.41, 5.74) is 2.16. The maximum absolute atomic E-state index is 12.8. The first-order chi connectivity index (χ1) is 15.7. The fourth-order valence-electron chi connectivity index (χ4n) is 4.23. The number of esters is 1. The van der Waals surface area contributed by atoms with E-state index in [4.69, 9.17) is 27.9 Å². The van der Waals surface area contributed by atoms with Gasteiger partial charge in [0.25, 0.3) is 5.91 Å². The van der Waals surface area contributed by atoms with Crippen molar-refractivity contribution >= 4 is 58.3 Å². The predicted octanol–water partition coefficient (Wildman–Crippen LogP) is 3.90. The summed E-state index contributed by atoms with van der Waals surface area (Å²) in [5.74, 6) is -2.72. The topological polar surface area (TPSA) is 92.8 Å². The van der Waals surface area contributed by atoms with Crippen molar-refractivity contribution in [3.05, 3.63) is 59.7 Å². The molecule has 9 heteroatoms. The number of amides is 3. The van der Waals surface area contributed by atoms with Crippen LogP contribution in [0.25, 0.3) is 0 Å². The summed E-state index contributed by atoms with van der Waals surface area (Å²) < 4.78 is 5.07. The Morgan fingerprint density at radius 3 is 2.18 bits per heavy atom. The minimum Gasteiger partial charge on any atom is -0.452 e. The average molecular weight is 489 g/mol. The van der Waals surface area contributed by atoms with Gasteiger partial charge in [0.05, 0.1) is 33.8 Å². The van der Waals surface area contributed by atoms with Crippen LogP contribution < -0.4 is 10.2 Å². The van der Waals surface area contributed by atoms with Crippen LogP contribution in [0.15, 0.2) is 48.5 Å². The Morgan fingerprint density at radius 1 is 1.00 bits per heavy atom. The molecule has 4 rings (SSSR count). The van der Waals surface area contributed by atoms with E-state index in [0.717, 1.165) is 10.5 Å². The third-order valence-electron chi connectivity index (χ3n) is 5.91. The Kier molecular flexibility index (Phi) is 6.72. The van der Waals surface area contributed by atoms with Gasteiger partial charge in [-0.05, 0) is 61.7 Å². The number of halogens is 2. The van der Waals surface area contributed by atoms with Gasteiger partial charge in [0.1, 0.15) is 0 Å². The van der Waals surface area contributed by atoms with Gasteiger partial charge in [-0.3, -0.25) is 19.3 Å². The van der Waals surface area contributed by atoms with E-state index >= 15 is 0 Å². The third-order valence-corrected chi connectivity index (χ3v) is 7.00. The molecule has 2 aliphatic rings. The smallest absolute Gasteiger partial charge is 0.338 e. The molecule has 2 aromatic carbocycles. The fourth-order valence-corrected chi connectivity index (χ4v) is 4.82. The molecule has 0 bridgehead atoms. The van der Waals surface area contributed by atoms with Crippen molar-refractivity contribution in [3.8, 4) is 0 Å². The van der Waals surface area contributed by atoms with Gasteiger partial charge < -0.3 is 10.1 Å². The van der Waals surface area contributed by atoms with Crippen molar-refractivity contribution in [2.24, 2.45) is 11.8 Å². The molecule has 1 N–H and O–H groups in total. The maximum Gasteiger partial charge on any atom is 0.338 e. The van der Waals surface area contributed by atoms with Crippen LogP contribution in [0.5, 0.6) is 0 Å². The van der Waals surface area contributed by atoms with Crippen molar-refractivity contribution in [2.45, 2.75) is 30.5 Å². The molecular formula is C24H22Cl2N2O5. The van der Waals surface area contributed by atoms with Gasteiger partial charge in [-0.25, -0.2) is 4.79 Å². The number of anilines is 2. The van der Waals surface area contributed by atoms with Crippen LogP contribution in [0.1, 0.15) is 28.8 Å². The number of carbonyl (C=O) groups excluding carboxylic acids is 4. The van der Waals surface area contributed by atoms with Crippen LogP contribution in [0, 0.1) is 18.8 Å². The van der Waals surface area contributed by atoms with E-state index in [0.29, 0.717) is 24.2 Å². The lowest BCUT2D eigenvalue weighted by molar-refractivity contribution is -0.122. The maximum atomic E-state index is 12.8. The molecule has 0 aromatic heterocycles. The van der Waals surface area contributed by atoms with Crippen molar-refractivity contribution in [1.82, 2.24) is 0 Å². The average Bonchev–Trinajstić information content (AvgIpc) is 3.02. The number of fused-ring (bicyclic) bond motifs is 1. The molecule has 7 nitrogen and oxygen atoms in total. The van der Waals surface area contributed by atoms with Crippen LogP contribution in [0.2, 0.25) is 0 Å². The zero-order valence-electron chi connectivity index (χ0n) is 17.8. The number of hydrogen-bond acceptors (Lipinski definition) is 5. The zero-order valence-corrected chi connectivity index (χ0v) is 19.3. The summed E-state index contributed by atoms with van der Waals surface area (Å²) in [6, 6.07) is 13.2. The molecule has 2 aromatic rings. The lowest BCUT2D eigenvalue weighted by Gasteiger charge is -2.28. The molecule has 4 atom stereocenters. The molecule has 0 spiro atoms. The first kappa shape index (κ1) is 23.3. The number of nitrogens with zero attached hydrogens (tertiary/aromatic N) is 1. The molecule has 172 valence electrons. The quantitative estimate of drug-likeness (QED) is 0.391. The zero-order chi connectivity index (χ0) is 23.7. The predicted molar refractivity (Wildman–Crippen MR) is 125 cm³/mol. The van der Waals surface area contributed by atoms with E-state index in [2.05, 4.69) is 5.32 Å². The number of aryl methyl sites for hydroxylation is 1. The highest BCUT2D eigenvalue weighted by molar-refractivity contribution is 6.31. The largest absolute Gasteiger partial charge is 0.452 e. The number of imide groups is 1. The third kappa shape index (κ3) is 4.89. The van der Waals surface area contributed by atoms with Gasteiger partial charge in [0, 0.05) is 5.69 Å². The number of hydrogen-bond donors (Lipinski definition) is 1. The van der Waals surface area contributed by atoms with Crippen molar-refractivity contribution < 1.29 is 23.9 Å². The first-order valence-corrected chi connectivity index (χ1v) is 11.4. The summed E-state index contributed by atoms with van der Waals surface area (Å²) in [5, 5.41) is 1.95. The molecule has 2 fully saturated rings. The van der Waals surface area contributed by atoms with E-state index in [9.17, 15) is 19.2 Å². The molecular weight excluding hydrogens is 467 g/mol. The fraction of sp³-hybridized carbons (Fsp3) is 0.333. The standard InChI is InChI=1S/C24H22Cl2N2O5/c1-13-3-2-4-15(9-13)27-21(29)12-33-24(32)14-5-7-16(8-6-14)28-22(30)17-10-19(25)20(26)11-18(17)23(28)31/h2-9,17-20H,10-12H2,1H3,(H,27,29)/t17-,18-,19+,20+/m1/s1. The monoisotopic (exact) mass is 488 g/mol. The second-order valence-electron chi connectivity index (χ2n) is 8.27. The summed E-state index contributed by atoms with van der Waals surface area (Å²) in [6.07, 6.45) is 0.715. The Labute approximate surface area is 201 Å². The highest BCUT2D eigenvalue weighted by Gasteiger charge is 2.52. The van der Waals surface area contributed by atoms with Crippen molar-refractivity contribution in [2.75, 3.05) is 16.8 Å². The molecule has 3 amide bonds. The van der Waals surface area contributed by atoms with E-state index in [1.165, 1.54) is 24.3 Å².